The van der Waals surface area contributed by atoms with Crippen molar-refractivity contribution in [3.63, 3.8) is 0 Å². The molecular formula is C11H20N4. The number of aryl methyl sites for hydroxylation is 1. The van der Waals surface area contributed by atoms with Crippen LogP contribution >= 0.6 is 0 Å². The topological polar surface area (TPSA) is 42.7 Å². The summed E-state index contributed by atoms with van der Waals surface area (Å²) < 4.78 is 2.06. The largest absolute Gasteiger partial charge is 0.317 e. The monoisotopic (exact) mass is 208 g/mol. The van der Waals surface area contributed by atoms with Crippen LogP contribution in [0.25, 0.3) is 0 Å². The maximum absolute atomic E-state index is 4.22. The van der Waals surface area contributed by atoms with Gasteiger partial charge in [0.15, 0.2) is 0 Å². The fourth-order valence-electron chi connectivity index (χ4n) is 2.32. The Labute approximate surface area is 91.1 Å². The highest BCUT2D eigenvalue weighted by molar-refractivity contribution is 4.95. The SMILES string of the molecule is CCCc1cn(C2CCC(NC)C2)nn1. The minimum atomic E-state index is 0.556. The lowest BCUT2D eigenvalue weighted by Gasteiger charge is -2.09. The molecule has 1 aliphatic rings. The molecule has 84 valence electrons. The van der Waals surface area contributed by atoms with Gasteiger partial charge in [0.05, 0.1) is 11.7 Å². The predicted molar refractivity (Wildman–Crippen MR) is 59.8 cm³/mol. The first-order chi connectivity index (χ1) is 7.33. The molecule has 0 bridgehead atoms. The minimum absolute atomic E-state index is 0.556. The van der Waals surface area contributed by atoms with Gasteiger partial charge in [-0.2, -0.15) is 0 Å². The second-order valence-electron chi connectivity index (χ2n) is 4.39. The van der Waals surface area contributed by atoms with Crippen molar-refractivity contribution < 1.29 is 0 Å². The molecule has 1 aliphatic carbocycles. The van der Waals surface area contributed by atoms with Gasteiger partial charge in [-0.3, -0.25) is 0 Å². The lowest BCUT2D eigenvalue weighted by atomic mass is 10.2. The van der Waals surface area contributed by atoms with Crippen LogP contribution < -0.4 is 5.32 Å². The first-order valence-corrected chi connectivity index (χ1v) is 5.91. The van der Waals surface area contributed by atoms with Crippen molar-refractivity contribution in [3.8, 4) is 0 Å². The van der Waals surface area contributed by atoms with Gasteiger partial charge in [-0.15, -0.1) is 5.10 Å². The van der Waals surface area contributed by atoms with Gasteiger partial charge in [0, 0.05) is 12.2 Å². The van der Waals surface area contributed by atoms with Crippen molar-refractivity contribution in [2.24, 2.45) is 0 Å². The van der Waals surface area contributed by atoms with E-state index in [-0.39, 0.29) is 0 Å². The van der Waals surface area contributed by atoms with Gasteiger partial charge < -0.3 is 5.32 Å². The summed E-state index contributed by atoms with van der Waals surface area (Å²) in [6.07, 6.45) is 7.97. The molecule has 4 heteroatoms. The molecule has 0 radical (unpaired) electrons. The van der Waals surface area contributed by atoms with E-state index in [4.69, 9.17) is 0 Å². The molecule has 2 unspecified atom stereocenters. The van der Waals surface area contributed by atoms with E-state index in [1.807, 2.05) is 7.05 Å². The van der Waals surface area contributed by atoms with Crippen molar-refractivity contribution in [3.05, 3.63) is 11.9 Å². The Hall–Kier alpha value is -0.900. The summed E-state index contributed by atoms with van der Waals surface area (Å²) in [5, 5.41) is 11.8. The van der Waals surface area contributed by atoms with E-state index >= 15 is 0 Å². The first-order valence-electron chi connectivity index (χ1n) is 5.91. The predicted octanol–water partition coefficient (Wildman–Crippen LogP) is 1.54. The molecule has 1 fully saturated rings. The molecule has 1 aromatic rings. The van der Waals surface area contributed by atoms with Crippen LogP contribution in [-0.2, 0) is 6.42 Å². The Balaban J connectivity index is 1.97. The lowest BCUT2D eigenvalue weighted by Crippen LogP contribution is -2.21. The number of hydrogen-bond acceptors (Lipinski definition) is 3. The molecule has 15 heavy (non-hydrogen) atoms. The molecule has 0 amide bonds. The van der Waals surface area contributed by atoms with Crippen LogP contribution in [0.5, 0.6) is 0 Å². The van der Waals surface area contributed by atoms with Crippen LogP contribution in [0.3, 0.4) is 0 Å². The van der Waals surface area contributed by atoms with Gasteiger partial charge in [-0.25, -0.2) is 4.68 Å². The Kier molecular flexibility index (Phi) is 3.36. The summed E-state index contributed by atoms with van der Waals surface area (Å²) in [7, 11) is 2.04. The smallest absolute Gasteiger partial charge is 0.0827 e. The van der Waals surface area contributed by atoms with Crippen LogP contribution in [0.15, 0.2) is 6.20 Å². The zero-order valence-electron chi connectivity index (χ0n) is 9.61. The Morgan fingerprint density at radius 3 is 3.07 bits per heavy atom. The molecule has 1 heterocycles. The fourth-order valence-corrected chi connectivity index (χ4v) is 2.32. The van der Waals surface area contributed by atoms with Gasteiger partial charge >= 0.3 is 0 Å². The Morgan fingerprint density at radius 2 is 2.40 bits per heavy atom. The number of nitrogens with zero attached hydrogens (tertiary/aromatic N) is 3. The van der Waals surface area contributed by atoms with E-state index in [1.165, 1.54) is 19.3 Å². The number of rotatable bonds is 4. The number of nitrogens with one attached hydrogen (secondary N) is 1. The maximum Gasteiger partial charge on any atom is 0.0827 e. The molecule has 1 aromatic heterocycles. The van der Waals surface area contributed by atoms with Crippen molar-refractivity contribution in [2.75, 3.05) is 7.05 Å². The third-order valence-electron chi connectivity index (χ3n) is 3.25. The van der Waals surface area contributed by atoms with E-state index in [0.29, 0.717) is 12.1 Å². The lowest BCUT2D eigenvalue weighted by molar-refractivity contribution is 0.439. The van der Waals surface area contributed by atoms with Crippen LogP contribution in [0.1, 0.15) is 44.3 Å². The zero-order valence-corrected chi connectivity index (χ0v) is 9.61. The molecule has 0 spiro atoms. The van der Waals surface area contributed by atoms with Gasteiger partial charge in [-0.05, 0) is 32.7 Å². The molecule has 2 atom stereocenters. The van der Waals surface area contributed by atoms with E-state index in [0.717, 1.165) is 18.5 Å². The quantitative estimate of drug-likeness (QED) is 0.816. The summed E-state index contributed by atoms with van der Waals surface area (Å²) in [6.45, 7) is 2.17. The van der Waals surface area contributed by atoms with Crippen molar-refractivity contribution >= 4 is 0 Å². The van der Waals surface area contributed by atoms with E-state index < -0.39 is 0 Å². The normalized spacial score (nSPS) is 26.0. The third kappa shape index (κ3) is 2.37. The summed E-state index contributed by atoms with van der Waals surface area (Å²) >= 11 is 0. The van der Waals surface area contributed by atoms with Crippen LogP contribution in [0.2, 0.25) is 0 Å². The highest BCUT2D eigenvalue weighted by Crippen LogP contribution is 2.29. The van der Waals surface area contributed by atoms with Gasteiger partial charge in [0.1, 0.15) is 0 Å². The zero-order chi connectivity index (χ0) is 10.7. The molecule has 0 aromatic carbocycles. The summed E-state index contributed by atoms with van der Waals surface area (Å²) in [6, 6.07) is 1.22. The molecule has 4 nitrogen and oxygen atoms in total. The van der Waals surface area contributed by atoms with E-state index in [1.54, 1.807) is 0 Å². The van der Waals surface area contributed by atoms with Gasteiger partial charge in [0.2, 0.25) is 0 Å². The van der Waals surface area contributed by atoms with E-state index in [9.17, 15) is 0 Å². The van der Waals surface area contributed by atoms with Crippen LogP contribution in [0.4, 0.5) is 0 Å². The summed E-state index contributed by atoms with van der Waals surface area (Å²) in [5.41, 5.74) is 1.13. The van der Waals surface area contributed by atoms with Crippen molar-refractivity contribution in [1.29, 1.82) is 0 Å². The Bertz CT molecular complexity index is 307. The molecule has 2 rings (SSSR count). The number of hydrogen-bond donors (Lipinski definition) is 1. The first kappa shape index (κ1) is 10.6. The van der Waals surface area contributed by atoms with Crippen LogP contribution in [0, 0.1) is 0 Å². The Morgan fingerprint density at radius 1 is 1.53 bits per heavy atom. The van der Waals surface area contributed by atoms with Crippen LogP contribution in [-0.4, -0.2) is 28.1 Å². The molecule has 1 N–H and O–H groups in total. The van der Waals surface area contributed by atoms with Crippen molar-refractivity contribution in [1.82, 2.24) is 20.3 Å². The second-order valence-corrected chi connectivity index (χ2v) is 4.39. The molecule has 0 aliphatic heterocycles. The van der Waals surface area contributed by atoms with E-state index in [2.05, 4.69) is 33.4 Å². The third-order valence-corrected chi connectivity index (χ3v) is 3.25. The molecule has 0 saturated heterocycles. The molecule has 1 saturated carbocycles. The second kappa shape index (κ2) is 4.75. The van der Waals surface area contributed by atoms with Gasteiger partial charge in [0.25, 0.3) is 0 Å². The summed E-state index contributed by atoms with van der Waals surface area (Å²) in [4.78, 5) is 0. The van der Waals surface area contributed by atoms with Gasteiger partial charge in [-0.1, -0.05) is 18.6 Å². The summed E-state index contributed by atoms with van der Waals surface area (Å²) in [5.74, 6) is 0. The highest BCUT2D eigenvalue weighted by atomic mass is 15.4. The maximum atomic E-state index is 4.22. The standard InChI is InChI=1S/C11H20N4/c1-3-4-10-8-15(14-13-10)11-6-5-9(7-11)12-2/h8-9,11-12H,3-7H2,1-2H3. The average Bonchev–Trinajstić information content (AvgIpc) is 2.85. The fraction of sp³-hybridized carbons (Fsp3) is 0.818. The minimum Gasteiger partial charge on any atom is -0.317 e. The highest BCUT2D eigenvalue weighted by Gasteiger charge is 2.25. The number of aromatic nitrogens is 3. The molecular weight excluding hydrogens is 188 g/mol. The van der Waals surface area contributed by atoms with Crippen molar-refractivity contribution in [2.45, 2.75) is 51.1 Å². The average molecular weight is 208 g/mol.